The van der Waals surface area contributed by atoms with E-state index in [0.717, 1.165) is 49.7 Å². The normalized spacial score (nSPS) is 13.4. The zero-order valence-electron chi connectivity index (χ0n) is 21.4. The molecule has 1 aliphatic rings. The maximum atomic E-state index is 13.3. The Morgan fingerprint density at radius 2 is 1.70 bits per heavy atom. The van der Waals surface area contributed by atoms with Gasteiger partial charge in [0.05, 0.1) is 23.2 Å². The molecule has 196 valence electrons. The van der Waals surface area contributed by atoms with Crippen LogP contribution in [0.3, 0.4) is 0 Å². The zero-order valence-corrected chi connectivity index (χ0v) is 22.2. The monoisotopic (exact) mass is 522 g/mol. The summed E-state index contributed by atoms with van der Waals surface area (Å²) in [5.74, 6) is 0.510. The van der Waals surface area contributed by atoms with Gasteiger partial charge in [-0.05, 0) is 55.1 Å². The lowest BCUT2D eigenvalue weighted by Gasteiger charge is -2.38. The molecule has 8 nitrogen and oxygen atoms in total. The summed E-state index contributed by atoms with van der Waals surface area (Å²) < 4.78 is 10.9. The second kappa shape index (κ2) is 13.1. The number of nitrogens with one attached hydrogen (secondary N) is 2. The summed E-state index contributed by atoms with van der Waals surface area (Å²) in [4.78, 5) is 31.0. The van der Waals surface area contributed by atoms with E-state index in [1.807, 2.05) is 48.7 Å². The van der Waals surface area contributed by atoms with Gasteiger partial charge in [-0.1, -0.05) is 18.2 Å². The van der Waals surface area contributed by atoms with Gasteiger partial charge in [0, 0.05) is 57.3 Å². The van der Waals surface area contributed by atoms with Gasteiger partial charge in [-0.25, -0.2) is 0 Å². The molecule has 1 saturated heterocycles. The first kappa shape index (κ1) is 26.5. The summed E-state index contributed by atoms with van der Waals surface area (Å²) in [6.07, 6.45) is 0.737. The molecule has 2 amide bonds. The number of nitrogens with zero attached hydrogens (tertiary/aromatic N) is 2. The van der Waals surface area contributed by atoms with Crippen LogP contribution >= 0.6 is 11.3 Å². The highest BCUT2D eigenvalue weighted by Crippen LogP contribution is 2.31. The summed E-state index contributed by atoms with van der Waals surface area (Å²) in [6, 6.07) is 17.2. The third kappa shape index (κ3) is 6.81. The molecule has 0 saturated carbocycles. The van der Waals surface area contributed by atoms with Crippen LogP contribution in [0, 0.1) is 0 Å². The number of carbonyl (C=O) groups excluding carboxylic acids is 2. The second-order valence-corrected chi connectivity index (χ2v) is 9.56. The summed E-state index contributed by atoms with van der Waals surface area (Å²) in [7, 11) is 1.69. The van der Waals surface area contributed by atoms with E-state index in [-0.39, 0.29) is 11.8 Å². The van der Waals surface area contributed by atoms with Crippen LogP contribution in [0.15, 0.2) is 60.0 Å². The number of benzene rings is 2. The number of amides is 2. The van der Waals surface area contributed by atoms with Crippen LogP contribution in [0.25, 0.3) is 0 Å². The topological polar surface area (TPSA) is 83.1 Å². The second-order valence-electron chi connectivity index (χ2n) is 8.62. The standard InChI is InChI=1S/C28H34N4O4S/c1-3-36-18-7-13-29-27(33)22-20-21(30-28(34)26-10-6-19-37-26)11-12-23(22)31-14-16-32(17-15-31)24-8-4-5-9-25(24)35-2/h4-6,8-12,19-20H,3,7,13-18H2,1-2H3,(H,29,33)(H,30,34). The first-order chi connectivity index (χ1) is 18.1. The number of anilines is 3. The van der Waals surface area contributed by atoms with E-state index in [9.17, 15) is 9.59 Å². The molecule has 1 fully saturated rings. The average molecular weight is 523 g/mol. The summed E-state index contributed by atoms with van der Waals surface area (Å²) in [5, 5.41) is 7.80. The number of ether oxygens (including phenoxy) is 2. The van der Waals surface area contributed by atoms with Crippen molar-refractivity contribution in [3.63, 3.8) is 0 Å². The molecule has 2 aromatic carbocycles. The van der Waals surface area contributed by atoms with Crippen molar-refractivity contribution in [1.82, 2.24) is 5.32 Å². The summed E-state index contributed by atoms with van der Waals surface area (Å²) in [6.45, 7) is 6.84. The molecule has 0 unspecified atom stereocenters. The first-order valence-corrected chi connectivity index (χ1v) is 13.5. The predicted molar refractivity (Wildman–Crippen MR) is 150 cm³/mol. The smallest absolute Gasteiger partial charge is 0.265 e. The quantitative estimate of drug-likeness (QED) is 0.361. The van der Waals surface area contributed by atoms with Crippen molar-refractivity contribution < 1.29 is 19.1 Å². The number of methoxy groups -OCH3 is 1. The van der Waals surface area contributed by atoms with Crippen LogP contribution < -0.4 is 25.2 Å². The van der Waals surface area contributed by atoms with Crippen molar-refractivity contribution >= 4 is 40.2 Å². The zero-order chi connectivity index (χ0) is 26.0. The van der Waals surface area contributed by atoms with Crippen LogP contribution in [0.5, 0.6) is 5.75 Å². The Morgan fingerprint density at radius 1 is 0.946 bits per heavy atom. The van der Waals surface area contributed by atoms with E-state index < -0.39 is 0 Å². The fourth-order valence-electron chi connectivity index (χ4n) is 4.37. The SMILES string of the molecule is CCOCCCNC(=O)c1cc(NC(=O)c2cccs2)ccc1N1CCN(c2ccccc2OC)CC1. The van der Waals surface area contributed by atoms with Crippen LogP contribution in [0.4, 0.5) is 17.1 Å². The van der Waals surface area contributed by atoms with Crippen LogP contribution in [0.2, 0.25) is 0 Å². The lowest BCUT2D eigenvalue weighted by molar-refractivity contribution is 0.0943. The van der Waals surface area contributed by atoms with Gasteiger partial charge in [0.15, 0.2) is 0 Å². The molecule has 1 aliphatic heterocycles. The molecule has 37 heavy (non-hydrogen) atoms. The summed E-state index contributed by atoms with van der Waals surface area (Å²) in [5.41, 5.74) is 3.07. The Balaban J connectivity index is 1.50. The van der Waals surface area contributed by atoms with Crippen molar-refractivity contribution in [3.8, 4) is 5.75 Å². The Morgan fingerprint density at radius 3 is 2.41 bits per heavy atom. The number of rotatable bonds is 11. The van der Waals surface area contributed by atoms with Gasteiger partial charge < -0.3 is 29.9 Å². The third-order valence-corrected chi connectivity index (χ3v) is 7.11. The largest absolute Gasteiger partial charge is 0.495 e. The van der Waals surface area contributed by atoms with E-state index in [0.29, 0.717) is 35.9 Å². The minimum absolute atomic E-state index is 0.161. The predicted octanol–water partition coefficient (Wildman–Crippen LogP) is 4.49. The number of hydrogen-bond donors (Lipinski definition) is 2. The fraction of sp³-hybridized carbons (Fsp3) is 0.357. The fourth-order valence-corrected chi connectivity index (χ4v) is 4.99. The minimum Gasteiger partial charge on any atom is -0.495 e. The molecular formula is C28H34N4O4S. The Bertz CT molecular complexity index is 1180. The Hall–Kier alpha value is -3.56. The molecule has 1 aromatic heterocycles. The molecule has 9 heteroatoms. The van der Waals surface area contributed by atoms with Crippen molar-refractivity contribution in [2.45, 2.75) is 13.3 Å². The molecule has 0 spiro atoms. The van der Waals surface area contributed by atoms with E-state index in [1.165, 1.54) is 11.3 Å². The molecule has 2 heterocycles. The summed E-state index contributed by atoms with van der Waals surface area (Å²) >= 11 is 1.38. The number of hydrogen-bond acceptors (Lipinski definition) is 7. The van der Waals surface area contributed by atoms with Crippen LogP contribution in [0.1, 0.15) is 33.4 Å². The number of para-hydroxylation sites is 2. The maximum absolute atomic E-state index is 13.3. The molecule has 4 rings (SSSR count). The number of thiophene rings is 1. The van der Waals surface area contributed by atoms with E-state index >= 15 is 0 Å². The Kier molecular flexibility index (Phi) is 9.40. The van der Waals surface area contributed by atoms with Crippen LogP contribution in [-0.2, 0) is 4.74 Å². The van der Waals surface area contributed by atoms with Crippen molar-refractivity contribution in [2.24, 2.45) is 0 Å². The van der Waals surface area contributed by atoms with Gasteiger partial charge in [-0.15, -0.1) is 11.3 Å². The Labute approximate surface area is 222 Å². The van der Waals surface area contributed by atoms with E-state index in [2.05, 4.69) is 26.5 Å². The molecule has 2 N–H and O–H groups in total. The molecular weight excluding hydrogens is 488 g/mol. The molecule has 3 aromatic rings. The molecule has 0 radical (unpaired) electrons. The maximum Gasteiger partial charge on any atom is 0.265 e. The van der Waals surface area contributed by atoms with Gasteiger partial charge >= 0.3 is 0 Å². The lowest BCUT2D eigenvalue weighted by Crippen LogP contribution is -2.47. The van der Waals surface area contributed by atoms with Gasteiger partial charge in [-0.3, -0.25) is 9.59 Å². The van der Waals surface area contributed by atoms with Gasteiger partial charge in [-0.2, -0.15) is 0 Å². The van der Waals surface area contributed by atoms with E-state index in [4.69, 9.17) is 9.47 Å². The van der Waals surface area contributed by atoms with Gasteiger partial charge in [0.25, 0.3) is 11.8 Å². The van der Waals surface area contributed by atoms with Crippen LogP contribution in [-0.4, -0.2) is 64.9 Å². The first-order valence-electron chi connectivity index (χ1n) is 12.6. The number of piperazine rings is 1. The minimum atomic E-state index is -0.184. The molecule has 0 atom stereocenters. The van der Waals surface area contributed by atoms with Crippen molar-refractivity contribution in [3.05, 3.63) is 70.4 Å². The third-order valence-electron chi connectivity index (χ3n) is 6.25. The highest BCUT2D eigenvalue weighted by Gasteiger charge is 2.24. The highest BCUT2D eigenvalue weighted by molar-refractivity contribution is 7.12. The number of carbonyl (C=O) groups is 2. The van der Waals surface area contributed by atoms with Crippen molar-refractivity contribution in [2.75, 3.05) is 68.2 Å². The highest BCUT2D eigenvalue weighted by atomic mass is 32.1. The molecule has 0 bridgehead atoms. The van der Waals surface area contributed by atoms with E-state index in [1.54, 1.807) is 19.2 Å². The molecule has 0 aliphatic carbocycles. The lowest BCUT2D eigenvalue weighted by atomic mass is 10.1. The average Bonchev–Trinajstić information content (AvgIpc) is 3.48. The van der Waals surface area contributed by atoms with Gasteiger partial charge in [0.1, 0.15) is 5.75 Å². The van der Waals surface area contributed by atoms with Crippen molar-refractivity contribution in [1.29, 1.82) is 0 Å². The van der Waals surface area contributed by atoms with Gasteiger partial charge in [0.2, 0.25) is 0 Å².